The van der Waals surface area contributed by atoms with E-state index in [2.05, 4.69) is 30.0 Å². The first-order valence-corrected chi connectivity index (χ1v) is 6.37. The van der Waals surface area contributed by atoms with Crippen molar-refractivity contribution in [3.05, 3.63) is 79.1 Å². The van der Waals surface area contributed by atoms with Gasteiger partial charge in [-0.25, -0.2) is 0 Å². The van der Waals surface area contributed by atoms with Gasteiger partial charge >= 0.3 is 0 Å². The first-order chi connectivity index (χ1) is 9.67. The standard InChI is InChI=1S/C17H21N3/c1-4-14(2)10-17(16-8-6-5-7-9-16)12-19-11-15(3)20-13-18/h4-10,12,20H,1-3,11,13,18H2/b17-10+,19-12-. The largest absolute Gasteiger partial charge is 0.375 e. The van der Waals surface area contributed by atoms with E-state index in [1.165, 1.54) is 0 Å². The summed E-state index contributed by atoms with van der Waals surface area (Å²) in [5.41, 5.74) is 9.07. The molecule has 0 saturated carbocycles. The van der Waals surface area contributed by atoms with Crippen molar-refractivity contribution in [2.24, 2.45) is 10.7 Å². The Balaban J connectivity index is 2.87. The number of rotatable bonds is 8. The lowest BCUT2D eigenvalue weighted by Gasteiger charge is -2.05. The Morgan fingerprint density at radius 1 is 1.25 bits per heavy atom. The van der Waals surface area contributed by atoms with Crippen molar-refractivity contribution in [3.63, 3.8) is 0 Å². The SMILES string of the molecule is C=CC(=C)/C=C(\C=N/CC(=C)NCN)c1ccccc1. The van der Waals surface area contributed by atoms with Gasteiger partial charge in [-0.3, -0.25) is 4.99 Å². The Kier molecular flexibility index (Phi) is 6.79. The number of nitrogens with one attached hydrogen (secondary N) is 1. The van der Waals surface area contributed by atoms with Crippen LogP contribution in [0.15, 0.2) is 78.5 Å². The fraction of sp³-hybridized carbons (Fsp3) is 0.118. The van der Waals surface area contributed by atoms with E-state index in [1.54, 1.807) is 6.08 Å². The van der Waals surface area contributed by atoms with Crippen LogP contribution in [0.25, 0.3) is 5.57 Å². The molecule has 3 N–H and O–H groups in total. The number of hydrogen-bond acceptors (Lipinski definition) is 3. The number of hydrogen-bond donors (Lipinski definition) is 2. The van der Waals surface area contributed by atoms with E-state index in [0.29, 0.717) is 13.2 Å². The van der Waals surface area contributed by atoms with Crippen LogP contribution in [0.2, 0.25) is 0 Å². The van der Waals surface area contributed by atoms with E-state index in [1.807, 2.05) is 42.6 Å². The molecule has 0 aliphatic carbocycles. The van der Waals surface area contributed by atoms with Gasteiger partial charge in [-0.05, 0) is 17.2 Å². The van der Waals surface area contributed by atoms with E-state index in [4.69, 9.17) is 5.73 Å². The fourth-order valence-electron chi connectivity index (χ4n) is 1.54. The van der Waals surface area contributed by atoms with Crippen molar-refractivity contribution in [3.8, 4) is 0 Å². The Morgan fingerprint density at radius 2 is 1.95 bits per heavy atom. The van der Waals surface area contributed by atoms with Crippen LogP contribution in [0, 0.1) is 0 Å². The number of nitrogens with two attached hydrogens (primary N) is 1. The maximum Gasteiger partial charge on any atom is 0.0780 e. The van der Waals surface area contributed by atoms with Gasteiger partial charge in [0.1, 0.15) is 0 Å². The van der Waals surface area contributed by atoms with Gasteiger partial charge in [-0.1, -0.05) is 56.1 Å². The molecule has 3 heteroatoms. The molecule has 104 valence electrons. The molecule has 0 saturated heterocycles. The average molecular weight is 267 g/mol. The molecule has 1 rings (SSSR count). The van der Waals surface area contributed by atoms with Crippen LogP contribution >= 0.6 is 0 Å². The van der Waals surface area contributed by atoms with Crippen LogP contribution in [-0.4, -0.2) is 19.4 Å². The zero-order valence-corrected chi connectivity index (χ0v) is 11.7. The fourth-order valence-corrected chi connectivity index (χ4v) is 1.54. The molecule has 0 bridgehead atoms. The third-order valence-electron chi connectivity index (χ3n) is 2.57. The monoisotopic (exact) mass is 267 g/mol. The molecular formula is C17H21N3. The Labute approximate surface area is 120 Å². The molecule has 1 aromatic carbocycles. The second-order valence-corrected chi connectivity index (χ2v) is 4.20. The molecule has 0 aliphatic heterocycles. The summed E-state index contributed by atoms with van der Waals surface area (Å²) in [5.74, 6) is 0. The van der Waals surface area contributed by atoms with Crippen LogP contribution in [-0.2, 0) is 0 Å². The summed E-state index contributed by atoms with van der Waals surface area (Å²) in [4.78, 5) is 4.37. The van der Waals surface area contributed by atoms with Crippen molar-refractivity contribution >= 4 is 11.8 Å². The lowest BCUT2D eigenvalue weighted by Crippen LogP contribution is -2.22. The van der Waals surface area contributed by atoms with Crippen molar-refractivity contribution < 1.29 is 0 Å². The van der Waals surface area contributed by atoms with Crippen molar-refractivity contribution in [1.29, 1.82) is 0 Å². The van der Waals surface area contributed by atoms with E-state index >= 15 is 0 Å². The summed E-state index contributed by atoms with van der Waals surface area (Å²) in [6, 6.07) is 10.0. The van der Waals surface area contributed by atoms with Gasteiger partial charge in [0.15, 0.2) is 0 Å². The van der Waals surface area contributed by atoms with Crippen LogP contribution in [0.3, 0.4) is 0 Å². The molecule has 0 fully saturated rings. The highest BCUT2D eigenvalue weighted by molar-refractivity contribution is 6.10. The molecule has 0 aliphatic rings. The van der Waals surface area contributed by atoms with Gasteiger partial charge in [0.25, 0.3) is 0 Å². The summed E-state index contributed by atoms with van der Waals surface area (Å²) >= 11 is 0. The second-order valence-electron chi connectivity index (χ2n) is 4.20. The Hall–Kier alpha value is -2.39. The number of benzene rings is 1. The molecule has 0 unspecified atom stereocenters. The summed E-state index contributed by atoms with van der Waals surface area (Å²) < 4.78 is 0. The Morgan fingerprint density at radius 3 is 2.55 bits per heavy atom. The minimum atomic E-state index is 0.364. The molecule has 3 nitrogen and oxygen atoms in total. The lowest BCUT2D eigenvalue weighted by molar-refractivity contribution is 0.806. The summed E-state index contributed by atoms with van der Waals surface area (Å²) in [6.07, 6.45) is 5.48. The van der Waals surface area contributed by atoms with Gasteiger partial charge in [0, 0.05) is 17.5 Å². The van der Waals surface area contributed by atoms with Crippen molar-refractivity contribution in [2.45, 2.75) is 0 Å². The molecule has 0 heterocycles. The first kappa shape index (κ1) is 15.7. The second kappa shape index (κ2) is 8.67. The van der Waals surface area contributed by atoms with Crippen LogP contribution in [0.4, 0.5) is 0 Å². The molecular weight excluding hydrogens is 246 g/mol. The first-order valence-electron chi connectivity index (χ1n) is 6.37. The smallest absolute Gasteiger partial charge is 0.0780 e. The van der Waals surface area contributed by atoms with E-state index in [-0.39, 0.29) is 0 Å². The van der Waals surface area contributed by atoms with E-state index in [0.717, 1.165) is 22.4 Å². The highest BCUT2D eigenvalue weighted by atomic mass is 15.0. The number of nitrogens with zero attached hydrogens (tertiary/aromatic N) is 1. The lowest BCUT2D eigenvalue weighted by atomic mass is 10.0. The van der Waals surface area contributed by atoms with E-state index in [9.17, 15) is 0 Å². The Bertz CT molecular complexity index is 524. The minimum absolute atomic E-state index is 0.364. The molecule has 0 radical (unpaired) electrons. The molecule has 1 aromatic rings. The van der Waals surface area contributed by atoms with Gasteiger partial charge in [-0.2, -0.15) is 0 Å². The summed E-state index contributed by atoms with van der Waals surface area (Å²) in [7, 11) is 0. The van der Waals surface area contributed by atoms with Crippen LogP contribution < -0.4 is 11.1 Å². The van der Waals surface area contributed by atoms with E-state index < -0.39 is 0 Å². The van der Waals surface area contributed by atoms with Gasteiger partial charge in [-0.15, -0.1) is 0 Å². The highest BCUT2D eigenvalue weighted by Gasteiger charge is 1.98. The maximum absolute atomic E-state index is 5.38. The number of aliphatic imine (C=N–C) groups is 1. The minimum Gasteiger partial charge on any atom is -0.375 e. The van der Waals surface area contributed by atoms with Gasteiger partial charge in [0.2, 0.25) is 0 Å². The molecule has 20 heavy (non-hydrogen) atoms. The van der Waals surface area contributed by atoms with Crippen molar-refractivity contribution in [2.75, 3.05) is 13.2 Å². The molecule has 0 amide bonds. The zero-order valence-electron chi connectivity index (χ0n) is 11.7. The molecule has 0 atom stereocenters. The third kappa shape index (κ3) is 5.50. The number of allylic oxidation sites excluding steroid dienone is 4. The summed E-state index contributed by atoms with van der Waals surface area (Å²) in [5, 5.41) is 2.93. The average Bonchev–Trinajstić information content (AvgIpc) is 2.47. The van der Waals surface area contributed by atoms with Gasteiger partial charge in [0.05, 0.1) is 13.2 Å². The summed E-state index contributed by atoms with van der Waals surface area (Å²) in [6.45, 7) is 12.3. The molecule has 0 aromatic heterocycles. The van der Waals surface area contributed by atoms with Gasteiger partial charge < -0.3 is 11.1 Å². The molecule has 0 spiro atoms. The van der Waals surface area contributed by atoms with Crippen LogP contribution in [0.5, 0.6) is 0 Å². The quantitative estimate of drug-likeness (QED) is 0.432. The topological polar surface area (TPSA) is 50.4 Å². The highest BCUT2D eigenvalue weighted by Crippen LogP contribution is 2.14. The van der Waals surface area contributed by atoms with Crippen molar-refractivity contribution in [1.82, 2.24) is 5.32 Å². The zero-order chi connectivity index (χ0) is 14.8. The predicted octanol–water partition coefficient (Wildman–Crippen LogP) is 2.90. The third-order valence-corrected chi connectivity index (χ3v) is 2.57. The normalized spacial score (nSPS) is 11.3. The maximum atomic E-state index is 5.38. The van der Waals surface area contributed by atoms with Crippen LogP contribution in [0.1, 0.15) is 5.56 Å². The predicted molar refractivity (Wildman–Crippen MR) is 88.4 cm³/mol.